The summed E-state index contributed by atoms with van der Waals surface area (Å²) in [7, 11) is 0. The molecule has 0 aromatic heterocycles. The van der Waals surface area contributed by atoms with Crippen LogP contribution in [0.4, 0.5) is 0 Å². The molecule has 1 heterocycles. The van der Waals surface area contributed by atoms with Crippen LogP contribution in [-0.2, 0) is 20.0 Å². The summed E-state index contributed by atoms with van der Waals surface area (Å²) in [6.07, 6.45) is 13.6. The van der Waals surface area contributed by atoms with Gasteiger partial charge in [-0.25, -0.2) is 0 Å². The Kier molecular flexibility index (Phi) is 10.8. The molecule has 4 atom stereocenters. The Labute approximate surface area is 313 Å². The van der Waals surface area contributed by atoms with Gasteiger partial charge in [0.25, 0.3) is 0 Å². The van der Waals surface area contributed by atoms with E-state index in [1.54, 1.807) is 33.4 Å². The molecular weight excluding hydrogens is 802 g/mol. The van der Waals surface area contributed by atoms with Gasteiger partial charge in [-0.15, -0.1) is 24.8 Å². The first-order valence-electron chi connectivity index (χ1n) is 18.8. The Bertz CT molecular complexity index is 1740. The predicted molar refractivity (Wildman–Crippen MR) is 214 cm³/mol. The van der Waals surface area contributed by atoms with Crippen molar-refractivity contribution < 1.29 is 20.0 Å². The van der Waals surface area contributed by atoms with Crippen molar-refractivity contribution in [3.63, 3.8) is 0 Å². The van der Waals surface area contributed by atoms with Crippen molar-refractivity contribution in [3.05, 3.63) is 129 Å². The van der Waals surface area contributed by atoms with E-state index in [1.165, 1.54) is 71.9 Å². The van der Waals surface area contributed by atoms with Gasteiger partial charge in [0.2, 0.25) is 0 Å². The van der Waals surface area contributed by atoms with Crippen molar-refractivity contribution in [2.45, 2.75) is 107 Å². The van der Waals surface area contributed by atoms with Crippen molar-refractivity contribution in [3.8, 4) is 22.3 Å². The molecule has 0 radical (unpaired) electrons. The van der Waals surface area contributed by atoms with Crippen molar-refractivity contribution >= 4 is 37.0 Å². The molecule has 3 heteroatoms. The van der Waals surface area contributed by atoms with E-state index in [-0.39, 0.29) is 24.8 Å². The summed E-state index contributed by atoms with van der Waals surface area (Å²) < 4.78 is 3.47. The normalized spacial score (nSPS) is 24.7. The molecule has 1 saturated carbocycles. The van der Waals surface area contributed by atoms with Crippen molar-refractivity contribution in [1.82, 2.24) is 0 Å². The Morgan fingerprint density at radius 2 is 0.939 bits per heavy atom. The molecule has 4 aromatic carbocycles. The first kappa shape index (κ1) is 36.6. The fraction of sp³-hybridized carbons (Fsp3) is 0.391. The molecule has 2 fully saturated rings. The molecule has 1 saturated heterocycles. The van der Waals surface area contributed by atoms with Gasteiger partial charge in [0.15, 0.2) is 0 Å². The standard InChI is InChI=1S/2C20H21.C6H10.2ClH.Hf/c2*1-4-15-12-18-6-5-7-19(20(18)13-15)17-10-8-16(9-11-17)14(2)3;1-2-4-6-5-3-1;;;/h2*5-14H,4H2,1-3H3;1-2H,3-6H2;2*1H;. The van der Waals surface area contributed by atoms with Crippen LogP contribution in [0.5, 0.6) is 0 Å². The number of benzene rings is 4. The second-order valence-corrected chi connectivity index (χ2v) is 32.3. The monoisotopic (exact) mass is 856 g/mol. The number of hydrogen-bond acceptors (Lipinski definition) is 0. The van der Waals surface area contributed by atoms with E-state index in [0.717, 1.165) is 7.35 Å². The van der Waals surface area contributed by atoms with Crippen molar-refractivity contribution in [2.24, 2.45) is 0 Å². The van der Waals surface area contributed by atoms with E-state index in [4.69, 9.17) is 0 Å². The first-order valence-corrected chi connectivity index (χ1v) is 27.0. The van der Waals surface area contributed by atoms with Gasteiger partial charge in [0, 0.05) is 0 Å². The number of hydrogen-bond donors (Lipinski definition) is 0. The van der Waals surface area contributed by atoms with Gasteiger partial charge in [-0.05, 0) is 0 Å². The minimum absolute atomic E-state index is 0. The number of allylic oxidation sites excluding steroid dienone is 2. The summed E-state index contributed by atoms with van der Waals surface area (Å²) in [6.45, 7) is 14.1. The smallest absolute Gasteiger partial charge is 0.147 e. The van der Waals surface area contributed by atoms with Crippen LogP contribution >= 0.6 is 24.8 Å². The van der Waals surface area contributed by atoms with E-state index in [2.05, 4.69) is 139 Å². The van der Waals surface area contributed by atoms with E-state index in [9.17, 15) is 0 Å². The van der Waals surface area contributed by atoms with E-state index < -0.39 is 20.0 Å². The molecule has 0 bridgehead atoms. The second-order valence-electron chi connectivity index (χ2n) is 15.7. The minimum Gasteiger partial charge on any atom is -0.147 e. The summed E-state index contributed by atoms with van der Waals surface area (Å²) in [5.41, 5.74) is 18.6. The fourth-order valence-electron chi connectivity index (χ4n) is 10.6. The van der Waals surface area contributed by atoms with Gasteiger partial charge >= 0.3 is 290 Å². The molecule has 4 aliphatic rings. The van der Waals surface area contributed by atoms with Gasteiger partial charge in [0.1, 0.15) is 0 Å². The summed E-state index contributed by atoms with van der Waals surface area (Å²) >= 11 is -3.17. The van der Waals surface area contributed by atoms with Crippen molar-refractivity contribution in [2.75, 3.05) is 0 Å². The first-order chi connectivity index (χ1) is 22.9. The molecule has 0 N–H and O–H groups in total. The van der Waals surface area contributed by atoms with Crippen LogP contribution in [0.3, 0.4) is 0 Å². The van der Waals surface area contributed by atoms with Gasteiger partial charge in [0.05, 0.1) is 0 Å². The maximum absolute atomic E-state index is 3.17. The average molecular weight is 856 g/mol. The Hall–Kier alpha value is -2.19. The van der Waals surface area contributed by atoms with Crippen LogP contribution in [0, 0.1) is 0 Å². The van der Waals surface area contributed by atoms with E-state index in [0.29, 0.717) is 19.2 Å². The quantitative estimate of drug-likeness (QED) is 0.155. The van der Waals surface area contributed by atoms with Gasteiger partial charge in [-0.2, -0.15) is 0 Å². The zero-order valence-electron chi connectivity index (χ0n) is 30.3. The summed E-state index contributed by atoms with van der Waals surface area (Å²) in [4.78, 5) is 0. The SMILES string of the molecule is CCC1=Cc2c(-c3ccc(C(C)C)cc3)cccc2[CH]1[Hf]1([CH]2C(CC)=Cc3c(-c4ccc(C(C)C)cc4)cccc32)[CH]2CCCC[CH]21.Cl.Cl. The third-order valence-corrected chi connectivity index (χ3v) is 37.7. The zero-order valence-corrected chi connectivity index (χ0v) is 35.5. The Balaban J connectivity index is 0.00000208. The molecule has 0 amide bonds. The molecule has 3 aliphatic carbocycles. The zero-order chi connectivity index (χ0) is 32.4. The van der Waals surface area contributed by atoms with Crippen LogP contribution in [0.2, 0.25) is 7.35 Å². The number of rotatable bonds is 8. The second kappa shape index (κ2) is 14.4. The predicted octanol–water partition coefficient (Wildman–Crippen LogP) is 14.8. The molecule has 8 rings (SSSR count). The third kappa shape index (κ3) is 5.83. The third-order valence-electron chi connectivity index (χ3n) is 12.8. The minimum atomic E-state index is -3.17. The summed E-state index contributed by atoms with van der Waals surface area (Å²) in [5, 5.41) is 0. The Morgan fingerprint density at radius 3 is 1.29 bits per heavy atom. The Morgan fingerprint density at radius 1 is 0.551 bits per heavy atom. The van der Waals surface area contributed by atoms with Crippen LogP contribution in [0.25, 0.3) is 34.4 Å². The van der Waals surface area contributed by atoms with Gasteiger partial charge in [-0.1, -0.05) is 0 Å². The number of halogens is 2. The largest absolute Gasteiger partial charge is 0.147 e. The molecule has 1 aliphatic heterocycles. The van der Waals surface area contributed by atoms with Crippen LogP contribution in [-0.4, -0.2) is 0 Å². The van der Waals surface area contributed by atoms with E-state index >= 15 is 0 Å². The molecule has 49 heavy (non-hydrogen) atoms. The molecular formula is C46H54Cl2Hf. The number of fused-ring (bicyclic) bond motifs is 3. The summed E-state index contributed by atoms with van der Waals surface area (Å²) in [5.74, 6) is 1.12. The van der Waals surface area contributed by atoms with Crippen molar-refractivity contribution in [1.29, 1.82) is 0 Å². The van der Waals surface area contributed by atoms with Crippen LogP contribution in [0.15, 0.2) is 96.1 Å². The van der Waals surface area contributed by atoms with Crippen LogP contribution in [0.1, 0.15) is 133 Å². The van der Waals surface area contributed by atoms with E-state index in [1.807, 2.05) is 0 Å². The van der Waals surface area contributed by atoms with Crippen LogP contribution < -0.4 is 0 Å². The summed E-state index contributed by atoms with van der Waals surface area (Å²) in [6, 6.07) is 33.7. The fourth-order valence-corrected chi connectivity index (χ4v) is 46.4. The maximum atomic E-state index is 2.69. The maximum Gasteiger partial charge on any atom is -0.147 e. The molecule has 0 spiro atoms. The van der Waals surface area contributed by atoms with Gasteiger partial charge < -0.3 is 0 Å². The van der Waals surface area contributed by atoms with Gasteiger partial charge in [-0.3, -0.25) is 0 Å². The molecule has 4 unspecified atom stereocenters. The molecule has 256 valence electrons. The molecule has 0 nitrogen and oxygen atoms in total. The molecule has 4 aromatic rings. The topological polar surface area (TPSA) is 0 Å². The average Bonchev–Trinajstić information content (AvgIpc) is 3.37.